The van der Waals surface area contributed by atoms with Crippen LogP contribution >= 0.6 is 0 Å². The van der Waals surface area contributed by atoms with Gasteiger partial charge in [-0.3, -0.25) is 19.4 Å². The van der Waals surface area contributed by atoms with E-state index in [1.807, 2.05) is 24.3 Å². The number of anilines is 2. The van der Waals surface area contributed by atoms with E-state index in [9.17, 15) is 14.4 Å². The molecule has 168 valence electrons. The summed E-state index contributed by atoms with van der Waals surface area (Å²) in [5, 5.41) is 0. The van der Waals surface area contributed by atoms with Crippen molar-refractivity contribution in [3.05, 3.63) is 24.3 Å². The average molecular weight is 445 g/mol. The Kier molecular flexibility index (Phi) is 6.18. The molecule has 0 aliphatic carbocycles. The summed E-state index contributed by atoms with van der Waals surface area (Å²) in [6.45, 7) is 10.8. The van der Waals surface area contributed by atoms with Gasteiger partial charge in [0.2, 0.25) is 5.91 Å². The van der Waals surface area contributed by atoms with Crippen LogP contribution in [0, 0.1) is 0 Å². The molecule has 0 radical (unpaired) electrons. The van der Waals surface area contributed by atoms with Crippen molar-refractivity contribution in [2.75, 3.05) is 55.9 Å². The van der Waals surface area contributed by atoms with Crippen LogP contribution in [0.25, 0.3) is 0 Å². The van der Waals surface area contributed by atoms with Crippen molar-refractivity contribution in [2.45, 2.75) is 38.1 Å². The third-order valence-corrected chi connectivity index (χ3v) is 7.90. The maximum atomic E-state index is 12.9. The number of urea groups is 1. The van der Waals surface area contributed by atoms with Crippen molar-refractivity contribution in [3.63, 3.8) is 0 Å². The lowest BCUT2D eigenvalue weighted by Crippen LogP contribution is -2.65. The molecule has 31 heavy (non-hydrogen) atoms. The Balaban J connectivity index is 1.30. The molecule has 4 rings (SSSR count). The summed E-state index contributed by atoms with van der Waals surface area (Å²) in [5.41, 5.74) is 1.90. The summed E-state index contributed by atoms with van der Waals surface area (Å²) in [7, 11) is -1.22. The molecular formula is C22H32N4O4Si. The van der Waals surface area contributed by atoms with E-state index >= 15 is 0 Å². The molecule has 0 saturated carbocycles. The van der Waals surface area contributed by atoms with Crippen LogP contribution in [0.2, 0.25) is 25.7 Å². The molecule has 3 heterocycles. The topological polar surface area (TPSA) is 73.4 Å². The lowest BCUT2D eigenvalue weighted by atomic mass is 10.0. The second-order valence-electron chi connectivity index (χ2n) is 9.87. The van der Waals surface area contributed by atoms with Crippen LogP contribution in [0.15, 0.2) is 24.3 Å². The number of likely N-dealkylation sites (tertiary alicyclic amines) is 1. The molecule has 1 aromatic rings. The number of carbonyl (C=O) groups excluding carboxylic acids is 3. The van der Waals surface area contributed by atoms with Crippen LogP contribution in [0.5, 0.6) is 0 Å². The predicted molar refractivity (Wildman–Crippen MR) is 122 cm³/mol. The Labute approximate surface area is 184 Å². The van der Waals surface area contributed by atoms with Gasteiger partial charge in [-0.15, -0.1) is 0 Å². The van der Waals surface area contributed by atoms with E-state index in [1.165, 1.54) is 4.90 Å². The van der Waals surface area contributed by atoms with E-state index in [4.69, 9.17) is 4.74 Å². The van der Waals surface area contributed by atoms with E-state index < -0.39 is 8.07 Å². The normalized spacial score (nSPS) is 20.9. The molecule has 3 aliphatic heterocycles. The number of imide groups is 1. The molecule has 8 nitrogen and oxygen atoms in total. The number of hydrogen-bond donors (Lipinski definition) is 0. The lowest BCUT2D eigenvalue weighted by Gasteiger charge is -2.49. The first-order chi connectivity index (χ1) is 14.7. The van der Waals surface area contributed by atoms with E-state index in [2.05, 4.69) is 29.4 Å². The molecule has 0 unspecified atom stereocenters. The number of benzene rings is 1. The summed E-state index contributed by atoms with van der Waals surface area (Å²) >= 11 is 0. The van der Waals surface area contributed by atoms with Gasteiger partial charge in [-0.1, -0.05) is 19.6 Å². The molecule has 9 heteroatoms. The third-order valence-electron chi connectivity index (χ3n) is 6.19. The van der Waals surface area contributed by atoms with Gasteiger partial charge in [0.1, 0.15) is 6.73 Å². The number of hydrogen-bond acceptors (Lipinski definition) is 6. The number of rotatable bonds is 8. The molecule has 3 amide bonds. The quantitative estimate of drug-likeness (QED) is 0.452. The summed E-state index contributed by atoms with van der Waals surface area (Å²) in [6, 6.07) is 9.06. The Bertz CT molecular complexity index is 840. The largest absolute Gasteiger partial charge is 0.368 e. The van der Waals surface area contributed by atoms with Gasteiger partial charge in [0.25, 0.3) is 0 Å². The van der Waals surface area contributed by atoms with Crippen molar-refractivity contribution in [1.82, 2.24) is 9.80 Å². The Morgan fingerprint density at radius 3 is 2.26 bits per heavy atom. The number of Topliss-reactive ketones (excluding diaryl/α,β-unsaturated/α-hetero) is 1. The summed E-state index contributed by atoms with van der Waals surface area (Å²) in [6.07, 6.45) is 0.299. The number of carbonyl (C=O) groups is 3. The molecule has 0 bridgehead atoms. The van der Waals surface area contributed by atoms with E-state index in [0.29, 0.717) is 44.5 Å². The summed E-state index contributed by atoms with van der Waals surface area (Å²) in [5.74, 6) is 0.143. The monoisotopic (exact) mass is 444 g/mol. The highest BCUT2D eigenvalue weighted by atomic mass is 28.3. The molecule has 0 spiro atoms. The van der Waals surface area contributed by atoms with Gasteiger partial charge < -0.3 is 9.64 Å². The molecule has 3 aliphatic rings. The molecule has 3 saturated heterocycles. The van der Waals surface area contributed by atoms with Crippen molar-refractivity contribution in [1.29, 1.82) is 0 Å². The van der Waals surface area contributed by atoms with Crippen molar-refractivity contribution >= 4 is 37.2 Å². The highest BCUT2D eigenvalue weighted by Gasteiger charge is 2.38. The van der Waals surface area contributed by atoms with E-state index in [0.717, 1.165) is 30.5 Å². The van der Waals surface area contributed by atoms with Gasteiger partial charge in [-0.2, -0.15) is 0 Å². The fourth-order valence-corrected chi connectivity index (χ4v) is 4.75. The zero-order valence-electron chi connectivity index (χ0n) is 18.7. The van der Waals surface area contributed by atoms with Gasteiger partial charge in [-0.25, -0.2) is 9.69 Å². The fourth-order valence-electron chi connectivity index (χ4n) is 4.00. The fraction of sp³-hybridized carbons (Fsp3) is 0.591. The van der Waals surface area contributed by atoms with Crippen LogP contribution in [0.4, 0.5) is 16.2 Å². The van der Waals surface area contributed by atoms with Gasteiger partial charge in [0.05, 0.1) is 13.1 Å². The minimum Gasteiger partial charge on any atom is -0.368 e. The van der Waals surface area contributed by atoms with Gasteiger partial charge in [0.15, 0.2) is 5.78 Å². The highest BCUT2D eigenvalue weighted by Crippen LogP contribution is 2.29. The Morgan fingerprint density at radius 2 is 1.65 bits per heavy atom. The van der Waals surface area contributed by atoms with E-state index in [1.54, 1.807) is 4.90 Å². The SMILES string of the molecule is C[Si](C)(C)CCOCN1C(=O)CCN(c2ccc(N3CC(N4CC(=O)C4)C3)cc2)C1=O. The maximum Gasteiger partial charge on any atom is 0.333 e. The maximum absolute atomic E-state index is 12.9. The highest BCUT2D eigenvalue weighted by molar-refractivity contribution is 6.76. The minimum atomic E-state index is -1.22. The zero-order chi connectivity index (χ0) is 22.2. The van der Waals surface area contributed by atoms with Crippen LogP contribution < -0.4 is 9.80 Å². The average Bonchev–Trinajstić information content (AvgIpc) is 2.65. The molecule has 0 aromatic heterocycles. The van der Waals surface area contributed by atoms with Crippen LogP contribution in [0.3, 0.4) is 0 Å². The van der Waals surface area contributed by atoms with Crippen molar-refractivity contribution < 1.29 is 19.1 Å². The standard InChI is InChI=1S/C22H32N4O4Si/c1-31(2,3)11-10-30-16-26-21(28)8-9-25(22(26)29)18-6-4-17(5-7-18)23-12-19(13-23)24-14-20(27)15-24/h4-7,19H,8-16H2,1-3H3. The Hall–Kier alpha value is -2.23. The minimum absolute atomic E-state index is 0.0187. The smallest absolute Gasteiger partial charge is 0.333 e. The first-order valence-electron chi connectivity index (χ1n) is 11.0. The van der Waals surface area contributed by atoms with Gasteiger partial charge in [0, 0.05) is 58.2 Å². The summed E-state index contributed by atoms with van der Waals surface area (Å²) < 4.78 is 5.66. The number of amides is 3. The van der Waals surface area contributed by atoms with Crippen molar-refractivity contribution in [2.24, 2.45) is 0 Å². The summed E-state index contributed by atoms with van der Waals surface area (Å²) in [4.78, 5) is 43.7. The zero-order valence-corrected chi connectivity index (χ0v) is 19.7. The number of ketones is 1. The van der Waals surface area contributed by atoms with Crippen LogP contribution in [0.1, 0.15) is 6.42 Å². The van der Waals surface area contributed by atoms with Gasteiger partial charge in [-0.05, 0) is 30.3 Å². The molecule has 3 fully saturated rings. The van der Waals surface area contributed by atoms with Crippen LogP contribution in [-0.2, 0) is 14.3 Å². The second-order valence-corrected chi connectivity index (χ2v) is 15.5. The number of ether oxygens (including phenoxy) is 1. The third kappa shape index (κ3) is 4.99. The second kappa shape index (κ2) is 8.72. The predicted octanol–water partition coefficient (Wildman–Crippen LogP) is 2.23. The van der Waals surface area contributed by atoms with E-state index in [-0.39, 0.29) is 18.7 Å². The Morgan fingerprint density at radius 1 is 1.00 bits per heavy atom. The molecule has 1 aromatic carbocycles. The lowest BCUT2D eigenvalue weighted by molar-refractivity contribution is -0.133. The van der Waals surface area contributed by atoms with Gasteiger partial charge >= 0.3 is 6.03 Å². The van der Waals surface area contributed by atoms with Crippen LogP contribution in [-0.4, -0.2) is 87.7 Å². The number of nitrogens with zero attached hydrogens (tertiary/aromatic N) is 4. The molecule has 0 N–H and O–H groups in total. The first kappa shape index (κ1) is 22.0. The molecule has 0 atom stereocenters. The van der Waals surface area contributed by atoms with Crippen molar-refractivity contribution in [3.8, 4) is 0 Å². The molecular weight excluding hydrogens is 412 g/mol. The first-order valence-corrected chi connectivity index (χ1v) is 14.7.